The van der Waals surface area contributed by atoms with Gasteiger partial charge in [-0.3, -0.25) is 9.89 Å². The fraction of sp³-hybridized carbons (Fsp3) is 0. The highest BCUT2D eigenvalue weighted by molar-refractivity contribution is 5.77. The quantitative estimate of drug-likeness (QED) is 0.595. The molecule has 0 aliphatic carbocycles. The van der Waals surface area contributed by atoms with Crippen molar-refractivity contribution in [2.45, 2.75) is 0 Å². The number of benzene rings is 2. The first kappa shape index (κ1) is 12.5. The van der Waals surface area contributed by atoms with Gasteiger partial charge in [0.25, 0.3) is 5.56 Å². The van der Waals surface area contributed by atoms with Crippen molar-refractivity contribution in [1.82, 2.24) is 20.2 Å². The molecular formula is C17H12N4O. The highest BCUT2D eigenvalue weighted by atomic mass is 16.1. The lowest BCUT2D eigenvalue weighted by Gasteiger charge is -1.99. The van der Waals surface area contributed by atoms with Gasteiger partial charge in [-0.1, -0.05) is 42.5 Å². The van der Waals surface area contributed by atoms with Crippen molar-refractivity contribution in [2.75, 3.05) is 0 Å². The molecule has 106 valence electrons. The summed E-state index contributed by atoms with van der Waals surface area (Å²) in [6.07, 6.45) is 0. The molecule has 0 unspecified atom stereocenters. The van der Waals surface area contributed by atoms with Crippen LogP contribution in [0.15, 0.2) is 65.5 Å². The number of rotatable bonds is 2. The van der Waals surface area contributed by atoms with Crippen LogP contribution in [0.25, 0.3) is 33.7 Å². The molecular weight excluding hydrogens is 276 g/mol. The van der Waals surface area contributed by atoms with Crippen molar-refractivity contribution in [3.05, 3.63) is 71.0 Å². The van der Waals surface area contributed by atoms with E-state index < -0.39 is 0 Å². The van der Waals surface area contributed by atoms with Crippen molar-refractivity contribution in [1.29, 1.82) is 0 Å². The first-order chi connectivity index (χ1) is 10.8. The standard InChI is InChI=1S/C17H12N4O/c22-17-16(18-12-8-4-5-9-13(12)19-17)15-10-14(20-21-15)11-6-2-1-3-7-11/h1-10H,(H,19,22)(H,20,21). The highest BCUT2D eigenvalue weighted by Crippen LogP contribution is 2.21. The fourth-order valence-electron chi connectivity index (χ4n) is 2.41. The molecule has 0 radical (unpaired) electrons. The van der Waals surface area contributed by atoms with Gasteiger partial charge in [0.15, 0.2) is 5.69 Å². The summed E-state index contributed by atoms with van der Waals surface area (Å²) in [5.74, 6) is 0. The molecule has 0 spiro atoms. The summed E-state index contributed by atoms with van der Waals surface area (Å²) in [5.41, 5.74) is 3.94. The van der Waals surface area contributed by atoms with E-state index in [0.717, 1.165) is 22.3 Å². The SMILES string of the molecule is O=c1[nH]c2ccccc2nc1-c1cc(-c2ccccc2)n[nH]1. The Morgan fingerprint density at radius 2 is 1.68 bits per heavy atom. The van der Waals surface area contributed by atoms with Gasteiger partial charge in [0.1, 0.15) is 0 Å². The smallest absolute Gasteiger partial charge is 0.276 e. The molecule has 2 heterocycles. The molecule has 0 atom stereocenters. The lowest BCUT2D eigenvalue weighted by atomic mass is 10.1. The minimum absolute atomic E-state index is 0.234. The average Bonchev–Trinajstić information content (AvgIpc) is 3.05. The van der Waals surface area contributed by atoms with Gasteiger partial charge < -0.3 is 4.98 Å². The zero-order chi connectivity index (χ0) is 14.9. The van der Waals surface area contributed by atoms with E-state index >= 15 is 0 Å². The number of aromatic nitrogens is 4. The molecule has 0 aliphatic rings. The lowest BCUT2D eigenvalue weighted by molar-refractivity contribution is 1.08. The average molecular weight is 288 g/mol. The Balaban J connectivity index is 1.84. The molecule has 2 N–H and O–H groups in total. The van der Waals surface area contributed by atoms with Crippen molar-refractivity contribution in [2.24, 2.45) is 0 Å². The van der Waals surface area contributed by atoms with Crippen LogP contribution in [0.4, 0.5) is 0 Å². The van der Waals surface area contributed by atoms with E-state index in [0.29, 0.717) is 11.4 Å². The van der Waals surface area contributed by atoms with Gasteiger partial charge in [0, 0.05) is 5.56 Å². The van der Waals surface area contributed by atoms with Crippen LogP contribution in [0.2, 0.25) is 0 Å². The van der Waals surface area contributed by atoms with Crippen LogP contribution in [0.3, 0.4) is 0 Å². The molecule has 0 amide bonds. The largest absolute Gasteiger partial charge is 0.319 e. The van der Waals surface area contributed by atoms with Crippen molar-refractivity contribution in [3.8, 4) is 22.6 Å². The first-order valence-corrected chi connectivity index (χ1v) is 6.91. The summed E-state index contributed by atoms with van der Waals surface area (Å²) in [4.78, 5) is 19.5. The van der Waals surface area contributed by atoms with E-state index in [1.54, 1.807) is 0 Å². The van der Waals surface area contributed by atoms with Gasteiger partial charge >= 0.3 is 0 Å². The van der Waals surface area contributed by atoms with E-state index in [-0.39, 0.29) is 5.56 Å². The van der Waals surface area contributed by atoms with E-state index in [9.17, 15) is 4.79 Å². The van der Waals surface area contributed by atoms with E-state index in [2.05, 4.69) is 20.2 Å². The highest BCUT2D eigenvalue weighted by Gasteiger charge is 2.11. The number of nitrogens with zero attached hydrogens (tertiary/aromatic N) is 2. The monoisotopic (exact) mass is 288 g/mol. The molecule has 2 aromatic carbocycles. The summed E-state index contributed by atoms with van der Waals surface area (Å²) in [6, 6.07) is 19.1. The second-order valence-corrected chi connectivity index (χ2v) is 4.96. The number of aromatic amines is 2. The Bertz CT molecular complexity index is 1000. The van der Waals surface area contributed by atoms with E-state index in [1.807, 2.05) is 60.7 Å². The third-order valence-electron chi connectivity index (χ3n) is 3.50. The number of nitrogens with one attached hydrogen (secondary N) is 2. The predicted molar refractivity (Wildman–Crippen MR) is 85.4 cm³/mol. The molecule has 0 aliphatic heterocycles. The number of hydrogen-bond acceptors (Lipinski definition) is 3. The number of fused-ring (bicyclic) bond motifs is 1. The van der Waals surface area contributed by atoms with Crippen LogP contribution in [-0.2, 0) is 0 Å². The zero-order valence-electron chi connectivity index (χ0n) is 11.6. The Labute approximate surface area is 125 Å². The van der Waals surface area contributed by atoms with Gasteiger partial charge in [0.2, 0.25) is 0 Å². The maximum absolute atomic E-state index is 12.2. The normalized spacial score (nSPS) is 10.9. The van der Waals surface area contributed by atoms with Crippen LogP contribution in [0.5, 0.6) is 0 Å². The third kappa shape index (κ3) is 2.09. The van der Waals surface area contributed by atoms with Crippen LogP contribution in [0.1, 0.15) is 0 Å². The lowest BCUT2D eigenvalue weighted by Crippen LogP contribution is -2.11. The van der Waals surface area contributed by atoms with E-state index in [4.69, 9.17) is 0 Å². The maximum atomic E-state index is 12.2. The number of H-pyrrole nitrogens is 2. The molecule has 0 saturated carbocycles. The topological polar surface area (TPSA) is 74.4 Å². The molecule has 0 fully saturated rings. The van der Waals surface area contributed by atoms with Gasteiger partial charge in [-0.2, -0.15) is 5.10 Å². The zero-order valence-corrected chi connectivity index (χ0v) is 11.6. The van der Waals surface area contributed by atoms with Gasteiger partial charge in [-0.25, -0.2) is 4.98 Å². The molecule has 4 rings (SSSR count). The molecule has 0 bridgehead atoms. The van der Waals surface area contributed by atoms with Crippen LogP contribution >= 0.6 is 0 Å². The molecule has 2 aromatic heterocycles. The van der Waals surface area contributed by atoms with Gasteiger partial charge in [-0.05, 0) is 18.2 Å². The summed E-state index contributed by atoms with van der Waals surface area (Å²) in [5, 5.41) is 7.16. The number of hydrogen-bond donors (Lipinski definition) is 2. The van der Waals surface area contributed by atoms with Crippen LogP contribution in [0, 0.1) is 0 Å². The molecule has 5 nitrogen and oxygen atoms in total. The van der Waals surface area contributed by atoms with Crippen LogP contribution in [-0.4, -0.2) is 20.2 Å². The molecule has 5 heteroatoms. The van der Waals surface area contributed by atoms with Gasteiger partial charge in [0.05, 0.1) is 22.4 Å². The Hall–Kier alpha value is -3.21. The van der Waals surface area contributed by atoms with E-state index in [1.165, 1.54) is 0 Å². The third-order valence-corrected chi connectivity index (χ3v) is 3.50. The Morgan fingerprint density at radius 1 is 0.909 bits per heavy atom. The Kier molecular flexibility index (Phi) is 2.83. The van der Waals surface area contributed by atoms with Crippen molar-refractivity contribution in [3.63, 3.8) is 0 Å². The minimum Gasteiger partial charge on any atom is -0.319 e. The summed E-state index contributed by atoms with van der Waals surface area (Å²) in [6.45, 7) is 0. The molecule has 0 saturated heterocycles. The molecule has 22 heavy (non-hydrogen) atoms. The van der Waals surface area contributed by atoms with Crippen LogP contribution < -0.4 is 5.56 Å². The van der Waals surface area contributed by atoms with Crippen molar-refractivity contribution >= 4 is 11.0 Å². The fourth-order valence-corrected chi connectivity index (χ4v) is 2.41. The second kappa shape index (κ2) is 4.96. The summed E-state index contributed by atoms with van der Waals surface area (Å²) in [7, 11) is 0. The number of para-hydroxylation sites is 2. The molecule has 4 aromatic rings. The minimum atomic E-state index is -0.234. The predicted octanol–water partition coefficient (Wildman–Crippen LogP) is 2.98. The maximum Gasteiger partial charge on any atom is 0.276 e. The summed E-state index contributed by atoms with van der Waals surface area (Å²) < 4.78 is 0. The van der Waals surface area contributed by atoms with Crippen molar-refractivity contribution < 1.29 is 0 Å². The summed E-state index contributed by atoms with van der Waals surface area (Å²) >= 11 is 0. The van der Waals surface area contributed by atoms with Gasteiger partial charge in [-0.15, -0.1) is 0 Å². The second-order valence-electron chi connectivity index (χ2n) is 4.96. The Morgan fingerprint density at radius 3 is 2.55 bits per heavy atom. The first-order valence-electron chi connectivity index (χ1n) is 6.91.